The van der Waals surface area contributed by atoms with Gasteiger partial charge in [0.15, 0.2) is 16.3 Å². The van der Waals surface area contributed by atoms with E-state index in [2.05, 4.69) is 9.88 Å². The number of aromatic nitrogens is 1. The third-order valence-electron chi connectivity index (χ3n) is 6.78. The van der Waals surface area contributed by atoms with Crippen molar-refractivity contribution in [2.24, 2.45) is 0 Å². The topological polar surface area (TPSA) is 129 Å². The van der Waals surface area contributed by atoms with Gasteiger partial charge in [0.05, 0.1) is 21.3 Å². The summed E-state index contributed by atoms with van der Waals surface area (Å²) in [6, 6.07) is 16.1. The lowest BCUT2D eigenvalue weighted by molar-refractivity contribution is 0.0306. The minimum absolute atomic E-state index is 0.0431. The highest BCUT2D eigenvalue weighted by Gasteiger charge is 2.29. The van der Waals surface area contributed by atoms with Crippen molar-refractivity contribution in [2.75, 3.05) is 39.1 Å². The number of ether oxygens (including phenoxy) is 4. The molecule has 11 nitrogen and oxygen atoms in total. The monoisotopic (exact) mass is 607 g/mol. The van der Waals surface area contributed by atoms with Crippen LogP contribution in [0.4, 0.5) is 10.6 Å². The zero-order valence-corrected chi connectivity index (χ0v) is 25.6. The van der Waals surface area contributed by atoms with E-state index in [1.54, 1.807) is 23.1 Å². The second kappa shape index (κ2) is 11.5. The summed E-state index contributed by atoms with van der Waals surface area (Å²) < 4.78 is 56.7. The number of hydrogen-bond donors (Lipinski definition) is 1. The third kappa shape index (κ3) is 6.09. The summed E-state index contributed by atoms with van der Waals surface area (Å²) in [7, 11) is 0.0278. The molecule has 226 valence electrons. The second-order valence-electron chi connectivity index (χ2n) is 10.9. The highest BCUT2D eigenvalue weighted by Crippen LogP contribution is 2.40. The summed E-state index contributed by atoms with van der Waals surface area (Å²) in [5.41, 5.74) is 3.35. The fourth-order valence-electron chi connectivity index (χ4n) is 4.82. The van der Waals surface area contributed by atoms with Crippen LogP contribution >= 0.6 is 0 Å². The predicted octanol–water partition coefficient (Wildman–Crippen LogP) is 5.96. The molecular weight excluding hydrogens is 574 g/mol. The molecule has 5 rings (SSSR count). The molecule has 4 aromatic rings. The van der Waals surface area contributed by atoms with E-state index in [-0.39, 0.29) is 28.3 Å². The lowest BCUT2D eigenvalue weighted by Crippen LogP contribution is -2.35. The van der Waals surface area contributed by atoms with E-state index in [9.17, 15) is 13.2 Å². The molecule has 0 atom stereocenters. The molecule has 12 heteroatoms. The molecule has 0 radical (unpaired) electrons. The quantitative estimate of drug-likeness (QED) is 0.258. The van der Waals surface area contributed by atoms with Crippen molar-refractivity contribution in [1.29, 1.82) is 0 Å². The van der Waals surface area contributed by atoms with Crippen molar-refractivity contribution in [3.05, 3.63) is 66.2 Å². The minimum Gasteiger partial charge on any atom is -0.496 e. The summed E-state index contributed by atoms with van der Waals surface area (Å²) >= 11 is 0. The maximum absolute atomic E-state index is 13.5. The van der Waals surface area contributed by atoms with Crippen LogP contribution in [0.25, 0.3) is 27.7 Å². The first-order valence-corrected chi connectivity index (χ1v) is 14.9. The van der Waals surface area contributed by atoms with Crippen LogP contribution in [0.15, 0.2) is 70.1 Å². The van der Waals surface area contributed by atoms with E-state index in [4.69, 9.17) is 23.5 Å². The van der Waals surface area contributed by atoms with Gasteiger partial charge in [-0.15, -0.1) is 0 Å². The Labute approximate surface area is 250 Å². The van der Waals surface area contributed by atoms with E-state index in [0.717, 1.165) is 22.3 Å². The van der Waals surface area contributed by atoms with Crippen LogP contribution < -0.4 is 18.9 Å². The van der Waals surface area contributed by atoms with Crippen molar-refractivity contribution in [2.45, 2.75) is 31.3 Å². The Balaban J connectivity index is 1.44. The number of hydrogen-bond acceptors (Lipinski definition) is 9. The molecule has 0 unspecified atom stereocenters. The average Bonchev–Trinajstić information content (AvgIpc) is 3.63. The minimum atomic E-state index is -4.20. The number of carbonyl (C=O) groups is 1. The summed E-state index contributed by atoms with van der Waals surface area (Å²) in [6.07, 6.45) is 1.66. The van der Waals surface area contributed by atoms with Gasteiger partial charge in [0.2, 0.25) is 0 Å². The van der Waals surface area contributed by atoms with Gasteiger partial charge in [-0.05, 0) is 73.4 Å². The second-order valence-corrected chi connectivity index (χ2v) is 12.5. The fraction of sp³-hybridized carbons (Fsp3) is 0.290. The van der Waals surface area contributed by atoms with Gasteiger partial charge in [0.25, 0.3) is 10.0 Å². The van der Waals surface area contributed by atoms with Crippen LogP contribution in [0.1, 0.15) is 26.3 Å². The Morgan fingerprint density at radius 1 is 0.907 bits per heavy atom. The molecule has 1 aliphatic rings. The number of nitrogens with zero attached hydrogens (tertiary/aromatic N) is 2. The number of amides is 1. The molecular formula is C31H33N3O8S. The van der Waals surface area contributed by atoms with Crippen molar-refractivity contribution in [3.63, 3.8) is 0 Å². The van der Waals surface area contributed by atoms with Gasteiger partial charge in [-0.3, -0.25) is 4.72 Å². The summed E-state index contributed by atoms with van der Waals surface area (Å²) in [4.78, 5) is 14.0. The number of carbonyl (C=O) groups excluding carboxylic acids is 1. The summed E-state index contributed by atoms with van der Waals surface area (Å²) in [5, 5.41) is 4.36. The molecule has 0 fully saturated rings. The number of benzene rings is 3. The molecule has 1 amide bonds. The SMILES string of the molecule is COc1cccc(OC)c1S(=O)(=O)Nc1noc2cc(-c3cccc(C4=CCN(C(=O)OC(C)(C)C)C4)c3)cc(OC)c12. The Morgan fingerprint density at radius 3 is 2.21 bits per heavy atom. The fourth-order valence-corrected chi connectivity index (χ4v) is 6.15. The van der Waals surface area contributed by atoms with Gasteiger partial charge in [0, 0.05) is 13.1 Å². The lowest BCUT2D eigenvalue weighted by Gasteiger charge is -2.24. The van der Waals surface area contributed by atoms with Gasteiger partial charge in [-0.2, -0.15) is 0 Å². The van der Waals surface area contributed by atoms with Gasteiger partial charge in [0.1, 0.15) is 28.2 Å². The summed E-state index contributed by atoms with van der Waals surface area (Å²) in [6.45, 7) is 6.42. The molecule has 43 heavy (non-hydrogen) atoms. The van der Waals surface area contributed by atoms with Crippen molar-refractivity contribution in [3.8, 4) is 28.4 Å². The molecule has 3 aromatic carbocycles. The van der Waals surface area contributed by atoms with Gasteiger partial charge >= 0.3 is 6.09 Å². The van der Waals surface area contributed by atoms with Crippen LogP contribution in [0, 0.1) is 0 Å². The first kappa shape index (κ1) is 29.8. The van der Waals surface area contributed by atoms with E-state index in [1.807, 2.05) is 51.1 Å². The van der Waals surface area contributed by atoms with Crippen LogP contribution in [0.3, 0.4) is 0 Å². The van der Waals surface area contributed by atoms with E-state index < -0.39 is 15.6 Å². The van der Waals surface area contributed by atoms with E-state index >= 15 is 0 Å². The van der Waals surface area contributed by atoms with Crippen LogP contribution in [0.2, 0.25) is 0 Å². The number of methoxy groups -OCH3 is 3. The number of fused-ring (bicyclic) bond motifs is 1. The van der Waals surface area contributed by atoms with E-state index in [1.165, 1.54) is 33.5 Å². The van der Waals surface area contributed by atoms with Crippen LogP contribution in [-0.2, 0) is 14.8 Å². The smallest absolute Gasteiger partial charge is 0.410 e. The molecule has 0 saturated heterocycles. The maximum atomic E-state index is 13.5. The maximum Gasteiger partial charge on any atom is 0.410 e. The Morgan fingerprint density at radius 2 is 1.56 bits per heavy atom. The molecule has 1 aromatic heterocycles. The number of rotatable bonds is 8. The molecule has 0 aliphatic carbocycles. The molecule has 0 spiro atoms. The number of nitrogens with one attached hydrogen (secondary N) is 1. The van der Waals surface area contributed by atoms with Crippen molar-refractivity contribution >= 4 is 38.5 Å². The van der Waals surface area contributed by atoms with E-state index in [0.29, 0.717) is 29.8 Å². The molecule has 0 bridgehead atoms. The van der Waals surface area contributed by atoms with Gasteiger partial charge < -0.3 is 28.4 Å². The Kier molecular flexibility index (Phi) is 7.98. The highest BCUT2D eigenvalue weighted by atomic mass is 32.2. The molecule has 2 heterocycles. The predicted molar refractivity (Wildman–Crippen MR) is 162 cm³/mol. The first-order valence-electron chi connectivity index (χ1n) is 13.4. The van der Waals surface area contributed by atoms with Crippen LogP contribution in [-0.4, -0.2) is 64.6 Å². The van der Waals surface area contributed by atoms with Crippen LogP contribution in [0.5, 0.6) is 17.2 Å². The first-order chi connectivity index (χ1) is 20.4. The van der Waals surface area contributed by atoms with Gasteiger partial charge in [-0.1, -0.05) is 35.5 Å². The van der Waals surface area contributed by atoms with Crippen molar-refractivity contribution < 1.29 is 36.7 Å². The average molecular weight is 608 g/mol. The molecule has 0 saturated carbocycles. The standard InChI is InChI=1S/C31H33N3O8S/c1-31(2,3)41-30(35)34-14-13-21(18-34)19-9-7-10-20(15-19)22-16-25(40-6)27-26(17-22)42-32-29(27)33-43(36,37)28-23(38-4)11-8-12-24(28)39-5/h7-13,15-17H,14,18H2,1-6H3,(H,32,33). The normalized spacial score (nSPS) is 13.5. The third-order valence-corrected chi connectivity index (χ3v) is 8.18. The lowest BCUT2D eigenvalue weighted by atomic mass is 9.98. The summed E-state index contributed by atoms with van der Waals surface area (Å²) in [5.74, 6) is 0.541. The van der Waals surface area contributed by atoms with Gasteiger partial charge in [-0.25, -0.2) is 13.2 Å². The Hall–Kier alpha value is -4.71. The largest absolute Gasteiger partial charge is 0.496 e. The highest BCUT2D eigenvalue weighted by molar-refractivity contribution is 7.93. The zero-order chi connectivity index (χ0) is 30.9. The number of sulfonamides is 1. The molecule has 1 N–H and O–H groups in total. The number of anilines is 1. The van der Waals surface area contributed by atoms with Crippen molar-refractivity contribution in [1.82, 2.24) is 10.1 Å². The Bertz CT molecular complexity index is 1800. The molecule has 1 aliphatic heterocycles. The zero-order valence-electron chi connectivity index (χ0n) is 24.8.